The first-order valence-electron chi connectivity index (χ1n) is 9.36. The second-order valence-corrected chi connectivity index (χ2v) is 6.66. The van der Waals surface area contributed by atoms with Gasteiger partial charge in [-0.15, -0.1) is 0 Å². The lowest BCUT2D eigenvalue weighted by atomic mass is 10.2. The maximum atomic E-state index is 14.3. The fraction of sp³-hybridized carbons (Fsp3) is 0.333. The number of hydrogen-bond donors (Lipinski definition) is 2. The van der Waals surface area contributed by atoms with Gasteiger partial charge in [0.15, 0.2) is 11.5 Å². The number of hydrogen-bond acceptors (Lipinski definition) is 5. The summed E-state index contributed by atoms with van der Waals surface area (Å²) in [5.74, 6) is -0.345. The van der Waals surface area contributed by atoms with Gasteiger partial charge in [-0.05, 0) is 49.2 Å². The largest absolute Gasteiger partial charge is 0.493 e. The molecule has 0 aromatic heterocycles. The molecule has 8 heteroatoms. The molecule has 1 fully saturated rings. The van der Waals surface area contributed by atoms with Crippen molar-refractivity contribution in [2.45, 2.75) is 12.8 Å². The minimum absolute atomic E-state index is 0.247. The van der Waals surface area contributed by atoms with Crippen LogP contribution in [0.3, 0.4) is 0 Å². The van der Waals surface area contributed by atoms with E-state index in [0.29, 0.717) is 28.4 Å². The molecule has 2 aromatic rings. The molecule has 1 aliphatic heterocycles. The van der Waals surface area contributed by atoms with Crippen molar-refractivity contribution in [3.05, 3.63) is 47.8 Å². The van der Waals surface area contributed by atoms with Gasteiger partial charge >= 0.3 is 0 Å². The number of ether oxygens (including phenoxy) is 2. The number of nitrogens with one attached hydrogen (secondary N) is 2. The van der Waals surface area contributed by atoms with Crippen LogP contribution in [0.15, 0.2) is 36.4 Å². The quantitative estimate of drug-likeness (QED) is 0.746. The van der Waals surface area contributed by atoms with Gasteiger partial charge in [-0.25, -0.2) is 4.39 Å². The Morgan fingerprint density at radius 3 is 2.41 bits per heavy atom. The van der Waals surface area contributed by atoms with Gasteiger partial charge in [-0.2, -0.15) is 0 Å². The van der Waals surface area contributed by atoms with E-state index in [1.807, 2.05) is 4.90 Å². The Kier molecular flexibility index (Phi) is 6.54. The number of benzene rings is 2. The van der Waals surface area contributed by atoms with Crippen molar-refractivity contribution < 1.29 is 23.5 Å². The van der Waals surface area contributed by atoms with Crippen LogP contribution in [0, 0.1) is 5.82 Å². The van der Waals surface area contributed by atoms with Crippen LogP contribution in [0.25, 0.3) is 0 Å². The molecular weight excluding hydrogens is 377 g/mol. The fourth-order valence-corrected chi connectivity index (χ4v) is 3.24. The van der Waals surface area contributed by atoms with E-state index >= 15 is 0 Å². The first-order valence-corrected chi connectivity index (χ1v) is 9.36. The van der Waals surface area contributed by atoms with Gasteiger partial charge < -0.3 is 25.0 Å². The number of rotatable bonds is 7. The highest BCUT2D eigenvalue weighted by Crippen LogP contribution is 2.28. The Morgan fingerprint density at radius 1 is 1.03 bits per heavy atom. The van der Waals surface area contributed by atoms with E-state index in [2.05, 4.69) is 10.6 Å². The minimum Gasteiger partial charge on any atom is -0.493 e. The summed E-state index contributed by atoms with van der Waals surface area (Å²) in [6, 6.07) is 9.32. The lowest BCUT2D eigenvalue weighted by molar-refractivity contribution is -0.115. The molecule has 2 N–H and O–H groups in total. The molecule has 29 heavy (non-hydrogen) atoms. The fourth-order valence-electron chi connectivity index (χ4n) is 3.24. The summed E-state index contributed by atoms with van der Waals surface area (Å²) in [6.07, 6.45) is 2.11. The van der Waals surface area contributed by atoms with E-state index in [0.717, 1.165) is 25.9 Å². The second kappa shape index (κ2) is 9.27. The number of carbonyl (C=O) groups excluding carboxylic acids is 2. The van der Waals surface area contributed by atoms with Crippen LogP contribution in [-0.4, -0.2) is 45.7 Å². The maximum Gasteiger partial charge on any atom is 0.251 e. The first kappa shape index (κ1) is 20.4. The lowest BCUT2D eigenvalue weighted by Gasteiger charge is -2.18. The molecule has 1 saturated heterocycles. The van der Waals surface area contributed by atoms with Gasteiger partial charge in [0.2, 0.25) is 5.91 Å². The molecular formula is C21H24FN3O4. The van der Waals surface area contributed by atoms with Crippen molar-refractivity contribution in [3.8, 4) is 11.5 Å². The van der Waals surface area contributed by atoms with Crippen LogP contribution in [0.4, 0.5) is 15.8 Å². The predicted octanol–water partition coefficient (Wildman–Crippen LogP) is 2.81. The van der Waals surface area contributed by atoms with Crippen molar-refractivity contribution in [2.24, 2.45) is 0 Å². The van der Waals surface area contributed by atoms with Crippen LogP contribution in [0.1, 0.15) is 23.2 Å². The zero-order valence-electron chi connectivity index (χ0n) is 16.5. The SMILES string of the molecule is COc1ccc(C(=O)NCC(=O)Nc2ccc(N3CCCC3)c(F)c2)cc1OC. The number of carbonyl (C=O) groups is 2. The van der Waals surface area contributed by atoms with E-state index < -0.39 is 11.8 Å². The van der Waals surface area contributed by atoms with E-state index in [9.17, 15) is 14.0 Å². The van der Waals surface area contributed by atoms with Crippen LogP contribution in [0.5, 0.6) is 11.5 Å². The Morgan fingerprint density at radius 2 is 1.76 bits per heavy atom. The molecule has 7 nitrogen and oxygen atoms in total. The summed E-state index contributed by atoms with van der Waals surface area (Å²) >= 11 is 0. The highest BCUT2D eigenvalue weighted by Gasteiger charge is 2.17. The van der Waals surface area contributed by atoms with Crippen molar-refractivity contribution in [1.82, 2.24) is 5.32 Å². The number of halogens is 1. The molecule has 0 saturated carbocycles. The molecule has 0 bridgehead atoms. The monoisotopic (exact) mass is 401 g/mol. The Hall–Kier alpha value is -3.29. The summed E-state index contributed by atoms with van der Waals surface area (Å²) in [7, 11) is 2.98. The third-order valence-electron chi connectivity index (χ3n) is 4.73. The third-order valence-corrected chi connectivity index (χ3v) is 4.73. The maximum absolute atomic E-state index is 14.3. The molecule has 0 aliphatic carbocycles. The molecule has 3 rings (SSSR count). The van der Waals surface area contributed by atoms with Crippen molar-refractivity contribution >= 4 is 23.2 Å². The molecule has 0 atom stereocenters. The van der Waals surface area contributed by atoms with E-state index in [1.54, 1.807) is 24.3 Å². The zero-order chi connectivity index (χ0) is 20.8. The minimum atomic E-state index is -0.452. The summed E-state index contributed by atoms with van der Waals surface area (Å²) in [5, 5.41) is 5.12. The lowest BCUT2D eigenvalue weighted by Crippen LogP contribution is -2.32. The smallest absolute Gasteiger partial charge is 0.251 e. The van der Waals surface area contributed by atoms with Gasteiger partial charge in [0, 0.05) is 24.3 Å². The van der Waals surface area contributed by atoms with E-state index in [4.69, 9.17) is 9.47 Å². The van der Waals surface area contributed by atoms with Crippen LogP contribution in [0.2, 0.25) is 0 Å². The average Bonchev–Trinajstić information content (AvgIpc) is 3.26. The van der Waals surface area contributed by atoms with Crippen LogP contribution < -0.4 is 25.0 Å². The molecule has 1 aliphatic rings. The zero-order valence-corrected chi connectivity index (χ0v) is 16.5. The molecule has 0 spiro atoms. The van der Waals surface area contributed by atoms with Crippen LogP contribution in [-0.2, 0) is 4.79 Å². The van der Waals surface area contributed by atoms with Gasteiger partial charge in [0.1, 0.15) is 5.82 Å². The van der Waals surface area contributed by atoms with Gasteiger partial charge in [0.25, 0.3) is 5.91 Å². The van der Waals surface area contributed by atoms with Crippen molar-refractivity contribution in [1.29, 1.82) is 0 Å². The first-order chi connectivity index (χ1) is 14.0. The normalized spacial score (nSPS) is 13.1. The third kappa shape index (κ3) is 4.96. The Bertz CT molecular complexity index is 897. The second-order valence-electron chi connectivity index (χ2n) is 6.66. The highest BCUT2D eigenvalue weighted by molar-refractivity contribution is 5.99. The molecule has 0 radical (unpaired) electrons. The topological polar surface area (TPSA) is 79.9 Å². The number of anilines is 2. The number of amides is 2. The van der Waals surface area contributed by atoms with Crippen LogP contribution >= 0.6 is 0 Å². The Labute approximate surface area is 168 Å². The summed E-state index contributed by atoms with van der Waals surface area (Å²) < 4.78 is 24.6. The Balaban J connectivity index is 1.55. The predicted molar refractivity (Wildman–Crippen MR) is 108 cm³/mol. The van der Waals surface area contributed by atoms with Gasteiger partial charge in [0.05, 0.1) is 26.5 Å². The summed E-state index contributed by atoms with van der Waals surface area (Å²) in [6.45, 7) is 1.43. The van der Waals surface area contributed by atoms with Crippen molar-refractivity contribution in [2.75, 3.05) is 44.1 Å². The van der Waals surface area contributed by atoms with E-state index in [1.165, 1.54) is 26.4 Å². The molecule has 1 heterocycles. The molecule has 154 valence electrons. The van der Waals surface area contributed by atoms with E-state index in [-0.39, 0.29) is 12.4 Å². The standard InChI is InChI=1S/C21H24FN3O4/c1-28-18-8-5-14(11-19(18)29-2)21(27)23-13-20(26)24-15-6-7-17(16(22)12-15)25-9-3-4-10-25/h5-8,11-12H,3-4,9-10,13H2,1-2H3,(H,23,27)(H,24,26). The number of nitrogens with zero attached hydrogens (tertiary/aromatic N) is 1. The van der Waals surface area contributed by atoms with Gasteiger partial charge in [-0.1, -0.05) is 0 Å². The molecule has 2 amide bonds. The molecule has 2 aromatic carbocycles. The average molecular weight is 401 g/mol. The van der Waals surface area contributed by atoms with Crippen molar-refractivity contribution in [3.63, 3.8) is 0 Å². The highest BCUT2D eigenvalue weighted by atomic mass is 19.1. The molecule has 0 unspecified atom stereocenters. The number of methoxy groups -OCH3 is 2. The summed E-state index contributed by atoms with van der Waals surface area (Å²) in [4.78, 5) is 26.4. The summed E-state index contributed by atoms with van der Waals surface area (Å²) in [5.41, 5.74) is 1.22. The van der Waals surface area contributed by atoms with Gasteiger partial charge in [-0.3, -0.25) is 9.59 Å².